The molecular formula is C14H13NO5S. The Hall–Kier alpha value is -2.25. The van der Waals surface area contributed by atoms with Crippen LogP contribution in [0.4, 0.5) is 5.69 Å². The van der Waals surface area contributed by atoms with Crippen molar-refractivity contribution in [1.82, 2.24) is 0 Å². The first-order chi connectivity index (χ1) is 10.1. The highest BCUT2D eigenvalue weighted by Gasteiger charge is 2.18. The van der Waals surface area contributed by atoms with Gasteiger partial charge >= 0.3 is 0 Å². The summed E-state index contributed by atoms with van der Waals surface area (Å²) < 4.78 is 5.36. The van der Waals surface area contributed by atoms with Gasteiger partial charge in [0.15, 0.2) is 11.5 Å². The van der Waals surface area contributed by atoms with Crippen molar-refractivity contribution in [2.45, 2.75) is 11.5 Å². The molecule has 0 saturated heterocycles. The Morgan fingerprint density at radius 2 is 1.95 bits per heavy atom. The summed E-state index contributed by atoms with van der Waals surface area (Å²) in [5, 5.41) is 29.7. The molecule has 0 aliphatic heterocycles. The van der Waals surface area contributed by atoms with Gasteiger partial charge < -0.3 is 14.9 Å². The van der Waals surface area contributed by atoms with Crippen LogP contribution in [-0.2, 0) is 6.61 Å². The fourth-order valence-corrected chi connectivity index (χ4v) is 2.36. The number of rotatable bonds is 6. The number of hydrogen-bond acceptors (Lipinski definition) is 6. The van der Waals surface area contributed by atoms with E-state index >= 15 is 0 Å². The summed E-state index contributed by atoms with van der Waals surface area (Å²) in [5.74, 6) is -0.0200. The number of benzene rings is 2. The van der Waals surface area contributed by atoms with E-state index in [1.165, 1.54) is 11.8 Å². The average molecular weight is 307 g/mol. The topological polar surface area (TPSA) is 92.8 Å². The molecule has 0 aliphatic carbocycles. The first kappa shape index (κ1) is 15.1. The SMILES string of the molecule is O=[N+]([O-])c1cc(OCSc2ccccc2)c(O)cc1CO. The number of phenols is 1. The van der Waals surface area contributed by atoms with Crippen molar-refractivity contribution in [2.75, 3.05) is 5.94 Å². The molecule has 2 N–H and O–H groups in total. The van der Waals surface area contributed by atoms with Crippen molar-refractivity contribution in [3.8, 4) is 11.5 Å². The number of aliphatic hydroxyl groups excluding tert-OH is 1. The van der Waals surface area contributed by atoms with E-state index in [0.29, 0.717) is 0 Å². The Balaban J connectivity index is 2.09. The highest BCUT2D eigenvalue weighted by Crippen LogP contribution is 2.34. The molecule has 0 heterocycles. The third-order valence-electron chi connectivity index (χ3n) is 2.71. The number of nitrogens with zero attached hydrogens (tertiary/aromatic N) is 1. The molecule has 0 aromatic heterocycles. The normalized spacial score (nSPS) is 10.3. The standard InChI is InChI=1S/C14H13NO5S/c16-8-10-6-13(17)14(7-12(10)15(18)19)20-9-21-11-4-2-1-3-5-11/h1-7,16-17H,8-9H2. The Morgan fingerprint density at radius 3 is 2.57 bits per heavy atom. The van der Waals surface area contributed by atoms with Gasteiger partial charge in [-0.15, -0.1) is 0 Å². The summed E-state index contributed by atoms with van der Waals surface area (Å²) in [7, 11) is 0. The minimum absolute atomic E-state index is 0.0160. The van der Waals surface area contributed by atoms with E-state index < -0.39 is 11.5 Å². The van der Waals surface area contributed by atoms with Gasteiger partial charge in [-0.1, -0.05) is 30.0 Å². The smallest absolute Gasteiger partial charge is 0.278 e. The van der Waals surface area contributed by atoms with Crippen molar-refractivity contribution < 1.29 is 19.9 Å². The number of thioether (sulfide) groups is 1. The molecule has 2 rings (SSSR count). The second-order valence-electron chi connectivity index (χ2n) is 4.08. The number of aliphatic hydroxyl groups is 1. The van der Waals surface area contributed by atoms with E-state index in [9.17, 15) is 15.2 Å². The molecule has 7 heteroatoms. The minimum atomic E-state index is -0.623. The van der Waals surface area contributed by atoms with Gasteiger partial charge in [-0.2, -0.15) is 0 Å². The van der Waals surface area contributed by atoms with Crippen molar-refractivity contribution >= 4 is 17.4 Å². The molecule has 110 valence electrons. The second-order valence-corrected chi connectivity index (χ2v) is 5.08. The number of phenolic OH excluding ortho intramolecular Hbond substituents is 1. The lowest BCUT2D eigenvalue weighted by Gasteiger charge is -2.09. The molecule has 0 spiro atoms. The lowest BCUT2D eigenvalue weighted by molar-refractivity contribution is -0.385. The molecule has 0 atom stereocenters. The zero-order chi connectivity index (χ0) is 15.2. The van der Waals surface area contributed by atoms with Crippen molar-refractivity contribution in [3.05, 3.63) is 58.1 Å². The largest absolute Gasteiger partial charge is 0.504 e. The molecule has 6 nitrogen and oxygen atoms in total. The fourth-order valence-electron chi connectivity index (χ4n) is 1.69. The predicted octanol–water partition coefficient (Wildman–Crippen LogP) is 2.92. The quantitative estimate of drug-likeness (QED) is 0.369. The van der Waals surface area contributed by atoms with Crippen LogP contribution in [0.2, 0.25) is 0 Å². The monoisotopic (exact) mass is 307 g/mol. The van der Waals surface area contributed by atoms with Gasteiger partial charge in [0.05, 0.1) is 23.2 Å². The molecular weight excluding hydrogens is 294 g/mol. The van der Waals surface area contributed by atoms with E-state index in [0.717, 1.165) is 17.0 Å². The second kappa shape index (κ2) is 6.96. The van der Waals surface area contributed by atoms with Gasteiger partial charge in [0.2, 0.25) is 0 Å². The van der Waals surface area contributed by atoms with Crippen LogP contribution in [0.1, 0.15) is 5.56 Å². The van der Waals surface area contributed by atoms with Gasteiger partial charge in [0.25, 0.3) is 5.69 Å². The third-order valence-corrected chi connectivity index (χ3v) is 3.55. The highest BCUT2D eigenvalue weighted by molar-refractivity contribution is 7.99. The van der Waals surface area contributed by atoms with Crippen LogP contribution in [0.5, 0.6) is 11.5 Å². The number of nitro groups is 1. The summed E-state index contributed by atoms with van der Waals surface area (Å²) in [4.78, 5) is 11.3. The number of nitro benzene ring substituents is 1. The Morgan fingerprint density at radius 1 is 1.24 bits per heavy atom. The van der Waals surface area contributed by atoms with Crippen molar-refractivity contribution in [2.24, 2.45) is 0 Å². The Bertz CT molecular complexity index is 633. The molecule has 0 saturated carbocycles. The Labute approximate surface area is 125 Å². The van der Waals surface area contributed by atoms with Crippen LogP contribution in [0.25, 0.3) is 0 Å². The molecule has 21 heavy (non-hydrogen) atoms. The molecule has 0 radical (unpaired) electrons. The predicted molar refractivity (Wildman–Crippen MR) is 78.5 cm³/mol. The minimum Gasteiger partial charge on any atom is -0.504 e. The summed E-state index contributed by atoms with van der Waals surface area (Å²) in [6, 6.07) is 11.7. The van der Waals surface area contributed by atoms with Crippen LogP contribution in [0.15, 0.2) is 47.4 Å². The number of aromatic hydroxyl groups is 1. The molecule has 0 fully saturated rings. The first-order valence-corrected chi connectivity index (χ1v) is 7.02. The number of ether oxygens (including phenoxy) is 1. The van der Waals surface area contributed by atoms with E-state index in [4.69, 9.17) is 9.84 Å². The van der Waals surface area contributed by atoms with Crippen molar-refractivity contribution in [3.63, 3.8) is 0 Å². The van der Waals surface area contributed by atoms with E-state index in [2.05, 4.69) is 0 Å². The van der Waals surface area contributed by atoms with Gasteiger partial charge in [-0.05, 0) is 18.2 Å². The van der Waals surface area contributed by atoms with E-state index in [-0.39, 0.29) is 28.7 Å². The van der Waals surface area contributed by atoms with Crippen LogP contribution < -0.4 is 4.74 Å². The van der Waals surface area contributed by atoms with Crippen molar-refractivity contribution in [1.29, 1.82) is 0 Å². The molecule has 0 amide bonds. The van der Waals surface area contributed by atoms with Crippen LogP contribution >= 0.6 is 11.8 Å². The third kappa shape index (κ3) is 3.87. The highest BCUT2D eigenvalue weighted by atomic mass is 32.2. The average Bonchev–Trinajstić information content (AvgIpc) is 2.49. The van der Waals surface area contributed by atoms with Gasteiger partial charge in [-0.25, -0.2) is 0 Å². The molecule has 0 unspecified atom stereocenters. The van der Waals surface area contributed by atoms with Crippen LogP contribution in [0.3, 0.4) is 0 Å². The fraction of sp³-hybridized carbons (Fsp3) is 0.143. The summed E-state index contributed by atoms with van der Waals surface area (Å²) in [6.07, 6.45) is 0. The zero-order valence-corrected chi connectivity index (χ0v) is 11.7. The molecule has 0 bridgehead atoms. The van der Waals surface area contributed by atoms with Gasteiger partial charge in [-0.3, -0.25) is 10.1 Å². The maximum atomic E-state index is 10.9. The number of hydrogen-bond donors (Lipinski definition) is 2. The van der Waals surface area contributed by atoms with Crippen LogP contribution in [0, 0.1) is 10.1 Å². The van der Waals surface area contributed by atoms with Gasteiger partial charge in [0, 0.05) is 4.90 Å². The first-order valence-electron chi connectivity index (χ1n) is 6.03. The lowest BCUT2D eigenvalue weighted by Crippen LogP contribution is -1.99. The van der Waals surface area contributed by atoms with E-state index in [1.54, 1.807) is 0 Å². The summed E-state index contributed by atoms with van der Waals surface area (Å²) in [6.45, 7) is -0.525. The molecule has 2 aromatic carbocycles. The molecule has 2 aromatic rings. The lowest BCUT2D eigenvalue weighted by atomic mass is 10.1. The Kier molecular flexibility index (Phi) is 5.02. The van der Waals surface area contributed by atoms with Crippen LogP contribution in [-0.4, -0.2) is 21.1 Å². The van der Waals surface area contributed by atoms with E-state index in [1.807, 2.05) is 30.3 Å². The summed E-state index contributed by atoms with van der Waals surface area (Å²) in [5.41, 5.74) is -0.240. The van der Waals surface area contributed by atoms with Gasteiger partial charge in [0.1, 0.15) is 5.94 Å². The maximum Gasteiger partial charge on any atom is 0.278 e. The zero-order valence-electron chi connectivity index (χ0n) is 10.9. The summed E-state index contributed by atoms with van der Waals surface area (Å²) >= 11 is 1.40. The molecule has 0 aliphatic rings. The maximum absolute atomic E-state index is 10.9.